The lowest BCUT2D eigenvalue weighted by atomic mass is 9.54. The van der Waals surface area contributed by atoms with E-state index in [4.69, 9.17) is 18.9 Å². The minimum Gasteiger partial charge on any atom is -0.462 e. The zero-order valence-electron chi connectivity index (χ0n) is 21.2. The van der Waals surface area contributed by atoms with Gasteiger partial charge in [0.25, 0.3) is 0 Å². The van der Waals surface area contributed by atoms with Crippen molar-refractivity contribution in [2.24, 2.45) is 11.3 Å². The molecule has 2 heterocycles. The largest absolute Gasteiger partial charge is 0.462 e. The van der Waals surface area contributed by atoms with Gasteiger partial charge in [-0.1, -0.05) is 25.5 Å². The Balaban J connectivity index is 1.91. The molecule has 0 amide bonds. The molecule has 2 saturated heterocycles. The summed E-state index contributed by atoms with van der Waals surface area (Å²) in [6, 6.07) is 0. The molecule has 1 spiro atoms. The van der Waals surface area contributed by atoms with Crippen molar-refractivity contribution in [3.05, 3.63) is 23.8 Å². The second kappa shape index (κ2) is 8.42. The third-order valence-corrected chi connectivity index (χ3v) is 8.35. The fraction of sp³-hybridized carbons (Fsp3) is 0.731. The van der Waals surface area contributed by atoms with Gasteiger partial charge >= 0.3 is 17.9 Å². The monoisotopic (exact) mass is 492 g/mol. The van der Waals surface area contributed by atoms with E-state index in [-0.39, 0.29) is 6.42 Å². The summed E-state index contributed by atoms with van der Waals surface area (Å²) >= 11 is 0. The number of hydrogen-bond donors (Lipinski definition) is 2. The average molecular weight is 493 g/mol. The number of carbonyl (C=O) groups is 3. The Morgan fingerprint density at radius 3 is 2.51 bits per heavy atom. The molecule has 0 saturated carbocycles. The molecule has 0 bridgehead atoms. The minimum absolute atomic E-state index is 0.203. The maximum atomic E-state index is 12.7. The van der Waals surface area contributed by atoms with Gasteiger partial charge in [0, 0.05) is 19.3 Å². The summed E-state index contributed by atoms with van der Waals surface area (Å²) in [7, 11) is 0. The van der Waals surface area contributed by atoms with Crippen LogP contribution in [0.5, 0.6) is 0 Å². The molecule has 194 valence electrons. The van der Waals surface area contributed by atoms with Crippen LogP contribution in [0.15, 0.2) is 23.8 Å². The number of hydrogen-bond acceptors (Lipinski definition) is 9. The number of fused-ring (bicyclic) bond motifs is 1. The highest BCUT2D eigenvalue weighted by atomic mass is 16.7. The van der Waals surface area contributed by atoms with E-state index in [0.29, 0.717) is 19.3 Å². The first-order valence-electron chi connectivity index (χ1n) is 12.3. The molecular weight excluding hydrogens is 456 g/mol. The van der Waals surface area contributed by atoms with Crippen LogP contribution >= 0.6 is 0 Å². The van der Waals surface area contributed by atoms with Crippen LogP contribution in [0.2, 0.25) is 0 Å². The summed E-state index contributed by atoms with van der Waals surface area (Å²) in [6.07, 6.45) is 2.45. The highest BCUT2D eigenvalue weighted by molar-refractivity contribution is 5.89. The van der Waals surface area contributed by atoms with Crippen molar-refractivity contribution in [3.8, 4) is 0 Å². The maximum Gasteiger partial charge on any atom is 0.342 e. The predicted octanol–water partition coefficient (Wildman–Crippen LogP) is 2.13. The lowest BCUT2D eigenvalue weighted by molar-refractivity contribution is -0.213. The molecule has 2 aliphatic heterocycles. The Morgan fingerprint density at radius 1 is 1.23 bits per heavy atom. The number of allylic oxidation sites excluding steroid dienone is 1. The molecule has 2 aliphatic carbocycles. The molecule has 9 nitrogen and oxygen atoms in total. The van der Waals surface area contributed by atoms with Crippen LogP contribution in [-0.4, -0.2) is 69.3 Å². The van der Waals surface area contributed by atoms with Gasteiger partial charge in [-0.15, -0.1) is 0 Å². The summed E-state index contributed by atoms with van der Waals surface area (Å²) in [5, 5.41) is 23.6. The van der Waals surface area contributed by atoms with Crippen molar-refractivity contribution in [1.82, 2.24) is 0 Å². The zero-order valence-corrected chi connectivity index (χ0v) is 21.2. The van der Waals surface area contributed by atoms with Gasteiger partial charge < -0.3 is 29.2 Å². The van der Waals surface area contributed by atoms with Crippen LogP contribution in [0.1, 0.15) is 67.2 Å². The van der Waals surface area contributed by atoms with E-state index in [0.717, 1.165) is 5.57 Å². The van der Waals surface area contributed by atoms with Gasteiger partial charge in [0.05, 0.1) is 17.1 Å². The fourth-order valence-electron chi connectivity index (χ4n) is 6.48. The molecule has 0 aromatic heterocycles. The van der Waals surface area contributed by atoms with Gasteiger partial charge in [-0.25, -0.2) is 4.79 Å². The quantitative estimate of drug-likeness (QED) is 0.262. The average Bonchev–Trinajstić information content (AvgIpc) is 3.34. The van der Waals surface area contributed by atoms with E-state index in [9.17, 15) is 24.6 Å². The van der Waals surface area contributed by atoms with E-state index < -0.39 is 70.5 Å². The number of rotatable bonds is 4. The highest BCUT2D eigenvalue weighted by Gasteiger charge is 2.86. The number of carbonyl (C=O) groups excluding carboxylic acids is 3. The summed E-state index contributed by atoms with van der Waals surface area (Å²) in [5.41, 5.74) is -4.84. The van der Waals surface area contributed by atoms with E-state index in [1.54, 1.807) is 32.9 Å². The molecule has 2 N–H and O–H groups in total. The Hall–Kier alpha value is -2.23. The van der Waals surface area contributed by atoms with Crippen LogP contribution in [0.3, 0.4) is 0 Å². The lowest BCUT2D eigenvalue weighted by Crippen LogP contribution is -2.66. The third-order valence-electron chi connectivity index (χ3n) is 8.35. The maximum absolute atomic E-state index is 12.7. The molecule has 2 fully saturated rings. The number of epoxide rings is 1. The molecule has 0 aromatic carbocycles. The predicted molar refractivity (Wildman–Crippen MR) is 123 cm³/mol. The summed E-state index contributed by atoms with van der Waals surface area (Å²) in [6.45, 7) is 9.88. The fourth-order valence-corrected chi connectivity index (χ4v) is 6.48. The first-order chi connectivity index (χ1) is 16.2. The normalized spacial score (nSPS) is 46.3. The second-order valence-corrected chi connectivity index (χ2v) is 10.9. The van der Waals surface area contributed by atoms with Gasteiger partial charge in [0.15, 0.2) is 17.3 Å². The van der Waals surface area contributed by atoms with Crippen LogP contribution in [-0.2, 0) is 33.3 Å². The minimum atomic E-state index is -1.62. The van der Waals surface area contributed by atoms with Gasteiger partial charge in [-0.3, -0.25) is 9.59 Å². The van der Waals surface area contributed by atoms with E-state index >= 15 is 0 Å². The third kappa shape index (κ3) is 3.74. The van der Waals surface area contributed by atoms with Crippen LogP contribution < -0.4 is 0 Å². The second-order valence-electron chi connectivity index (χ2n) is 10.9. The van der Waals surface area contributed by atoms with Gasteiger partial charge in [0.1, 0.15) is 12.2 Å². The Labute approximate surface area is 205 Å². The molecule has 0 aromatic rings. The van der Waals surface area contributed by atoms with Crippen molar-refractivity contribution < 1.29 is 43.5 Å². The van der Waals surface area contributed by atoms with E-state index in [1.807, 2.05) is 13.8 Å². The molecule has 4 rings (SSSR count). The zero-order chi connectivity index (χ0) is 26.0. The molecule has 4 aliphatic rings. The number of aliphatic hydroxyl groups excluding tert-OH is 1. The van der Waals surface area contributed by atoms with E-state index in [1.165, 1.54) is 13.0 Å². The van der Waals surface area contributed by atoms with Crippen molar-refractivity contribution in [2.45, 2.75) is 108 Å². The van der Waals surface area contributed by atoms with Crippen LogP contribution in [0, 0.1) is 11.3 Å². The SMILES string of the molecule is CCCC(=O)OC1CCC(C)=CC2OC(=O)C3(C)OC23C(O)C2C(C)(O)C=CC(OC(C)=O)C12C. The smallest absolute Gasteiger partial charge is 0.342 e. The van der Waals surface area contributed by atoms with Crippen LogP contribution in [0.25, 0.3) is 0 Å². The summed E-state index contributed by atoms with van der Waals surface area (Å²) in [5.74, 6) is -2.59. The molecule has 9 atom stereocenters. The van der Waals surface area contributed by atoms with Crippen LogP contribution in [0.4, 0.5) is 0 Å². The topological polar surface area (TPSA) is 132 Å². The number of aliphatic hydroxyl groups is 2. The Morgan fingerprint density at radius 2 is 1.91 bits per heavy atom. The van der Waals surface area contributed by atoms with Crippen molar-refractivity contribution in [3.63, 3.8) is 0 Å². The van der Waals surface area contributed by atoms with Gasteiger partial charge in [-0.05, 0) is 52.2 Å². The highest BCUT2D eigenvalue weighted by Crippen LogP contribution is 2.64. The van der Waals surface area contributed by atoms with Crippen molar-refractivity contribution in [1.29, 1.82) is 0 Å². The standard InChI is InChI=1S/C26H36O9/c1-7-8-19(28)33-16-10-9-14(2)13-18-26(25(6,35-26)22(30)34-18)21(29)20-23(4,31)12-11-17(24(16,20)5)32-15(3)27/h11-13,16-18,20-21,29,31H,7-10H2,1-6H3. The van der Waals surface area contributed by atoms with Crippen molar-refractivity contribution >= 4 is 17.9 Å². The Bertz CT molecular complexity index is 983. The summed E-state index contributed by atoms with van der Waals surface area (Å²) in [4.78, 5) is 37.5. The van der Waals surface area contributed by atoms with Crippen molar-refractivity contribution in [2.75, 3.05) is 0 Å². The first kappa shape index (κ1) is 25.9. The summed E-state index contributed by atoms with van der Waals surface area (Å²) < 4.78 is 23.3. The van der Waals surface area contributed by atoms with Gasteiger partial charge in [0.2, 0.25) is 0 Å². The molecule has 9 heteroatoms. The lowest BCUT2D eigenvalue weighted by Gasteiger charge is -2.55. The molecule has 0 radical (unpaired) electrons. The molecular formula is C26H36O9. The number of esters is 3. The van der Waals surface area contributed by atoms with E-state index in [2.05, 4.69) is 0 Å². The van der Waals surface area contributed by atoms with Gasteiger partial charge in [-0.2, -0.15) is 0 Å². The Kier molecular flexibility index (Phi) is 6.22. The molecule has 9 unspecified atom stereocenters. The molecule has 35 heavy (non-hydrogen) atoms. The first-order valence-corrected chi connectivity index (χ1v) is 12.3. The number of ether oxygens (including phenoxy) is 4.